The Labute approximate surface area is 169 Å². The second kappa shape index (κ2) is 7.08. The van der Waals surface area contributed by atoms with Gasteiger partial charge in [0, 0.05) is 28.2 Å². The molecule has 5 rings (SSSR count). The number of rotatable bonds is 2. The van der Waals surface area contributed by atoms with Gasteiger partial charge in [0.05, 0.1) is 13.2 Å². The van der Waals surface area contributed by atoms with E-state index in [2.05, 4.69) is 52.8 Å². The van der Waals surface area contributed by atoms with Gasteiger partial charge in [-0.1, -0.05) is 29.8 Å². The van der Waals surface area contributed by atoms with Crippen molar-refractivity contribution in [1.29, 1.82) is 0 Å². The second-order valence-electron chi connectivity index (χ2n) is 6.82. The van der Waals surface area contributed by atoms with E-state index in [1.54, 1.807) is 7.11 Å². The molecule has 0 bridgehead atoms. The molecular weight excluding hydrogens is 379 g/mol. The zero-order chi connectivity index (χ0) is 17.7. The molecule has 0 fully saturated rings. The maximum absolute atomic E-state index is 6.22. The summed E-state index contributed by atoms with van der Waals surface area (Å²) in [6.45, 7) is 0.956. The van der Waals surface area contributed by atoms with Crippen molar-refractivity contribution in [3.63, 3.8) is 0 Å². The molecule has 0 saturated heterocycles. The topological polar surface area (TPSA) is 37.0 Å². The fourth-order valence-electron chi connectivity index (χ4n) is 4.03. The van der Waals surface area contributed by atoms with Gasteiger partial charge in [-0.15, -0.1) is 12.4 Å². The third kappa shape index (κ3) is 3.06. The molecule has 27 heavy (non-hydrogen) atoms. The SMILES string of the molecule is COc1ccc2cc(C3NCCc4c3[nH]c3ccc(Cl)cc43)ccc2c1.Cl. The first-order valence-corrected chi connectivity index (χ1v) is 9.22. The molecule has 0 radical (unpaired) electrons. The fraction of sp³-hybridized carbons (Fsp3) is 0.182. The lowest BCUT2D eigenvalue weighted by Crippen LogP contribution is -2.30. The van der Waals surface area contributed by atoms with Crippen LogP contribution in [0.2, 0.25) is 5.02 Å². The van der Waals surface area contributed by atoms with Crippen LogP contribution in [0.4, 0.5) is 0 Å². The van der Waals surface area contributed by atoms with Gasteiger partial charge in [0.15, 0.2) is 0 Å². The van der Waals surface area contributed by atoms with Gasteiger partial charge in [-0.05, 0) is 64.7 Å². The van der Waals surface area contributed by atoms with Crippen molar-refractivity contribution in [1.82, 2.24) is 10.3 Å². The minimum absolute atomic E-state index is 0. The van der Waals surface area contributed by atoms with Crippen molar-refractivity contribution in [2.45, 2.75) is 12.5 Å². The Morgan fingerprint density at radius 3 is 2.67 bits per heavy atom. The van der Waals surface area contributed by atoms with Crippen LogP contribution in [0.15, 0.2) is 54.6 Å². The van der Waals surface area contributed by atoms with Crippen molar-refractivity contribution >= 4 is 45.7 Å². The molecule has 1 atom stereocenters. The van der Waals surface area contributed by atoms with E-state index in [4.69, 9.17) is 16.3 Å². The number of H-pyrrole nitrogens is 1. The molecule has 2 N–H and O–H groups in total. The highest BCUT2D eigenvalue weighted by Crippen LogP contribution is 2.35. The molecule has 4 aromatic rings. The van der Waals surface area contributed by atoms with Crippen molar-refractivity contribution in [2.24, 2.45) is 0 Å². The minimum atomic E-state index is 0. The van der Waals surface area contributed by atoms with Gasteiger partial charge < -0.3 is 15.0 Å². The summed E-state index contributed by atoms with van der Waals surface area (Å²) >= 11 is 6.22. The maximum Gasteiger partial charge on any atom is 0.119 e. The Balaban J connectivity index is 0.00000180. The Kier molecular flexibility index (Phi) is 4.77. The van der Waals surface area contributed by atoms with Gasteiger partial charge in [0.1, 0.15) is 5.75 Å². The molecule has 0 amide bonds. The fourth-order valence-corrected chi connectivity index (χ4v) is 4.21. The number of fused-ring (bicyclic) bond motifs is 4. The third-order valence-electron chi connectivity index (χ3n) is 5.32. The molecule has 1 aliphatic rings. The highest BCUT2D eigenvalue weighted by atomic mass is 35.5. The maximum atomic E-state index is 6.22. The van der Waals surface area contributed by atoms with Crippen LogP contribution in [0.3, 0.4) is 0 Å². The van der Waals surface area contributed by atoms with Gasteiger partial charge in [-0.25, -0.2) is 0 Å². The Morgan fingerprint density at radius 2 is 1.81 bits per heavy atom. The summed E-state index contributed by atoms with van der Waals surface area (Å²) < 4.78 is 5.33. The van der Waals surface area contributed by atoms with E-state index in [9.17, 15) is 0 Å². The van der Waals surface area contributed by atoms with Crippen LogP contribution >= 0.6 is 24.0 Å². The third-order valence-corrected chi connectivity index (χ3v) is 5.55. The van der Waals surface area contributed by atoms with Crippen LogP contribution in [0.1, 0.15) is 22.9 Å². The van der Waals surface area contributed by atoms with Crippen molar-refractivity contribution in [3.05, 3.63) is 76.4 Å². The standard InChI is InChI=1S/C22H19ClN2O.ClH/c1-26-17-6-4-13-10-15(3-2-14(13)11-17)21-22-18(8-9-24-21)19-12-16(23)5-7-20(19)25-22;/h2-7,10-12,21,24-25H,8-9H2,1H3;1H. The highest BCUT2D eigenvalue weighted by molar-refractivity contribution is 6.31. The van der Waals surface area contributed by atoms with Crippen LogP contribution in [-0.4, -0.2) is 18.6 Å². The molecule has 3 aromatic carbocycles. The summed E-state index contributed by atoms with van der Waals surface area (Å²) in [5.41, 5.74) is 5.04. The average Bonchev–Trinajstić information content (AvgIpc) is 3.05. The van der Waals surface area contributed by atoms with Crippen LogP contribution in [0.5, 0.6) is 5.75 Å². The van der Waals surface area contributed by atoms with Gasteiger partial charge >= 0.3 is 0 Å². The highest BCUT2D eigenvalue weighted by Gasteiger charge is 2.25. The average molecular weight is 399 g/mol. The first-order chi connectivity index (χ1) is 12.7. The molecule has 2 heterocycles. The normalized spacial score (nSPS) is 16.1. The van der Waals surface area contributed by atoms with Crippen LogP contribution in [-0.2, 0) is 6.42 Å². The number of halogens is 2. The van der Waals surface area contributed by atoms with Gasteiger partial charge in [-0.2, -0.15) is 0 Å². The molecule has 0 aliphatic carbocycles. The zero-order valence-electron chi connectivity index (χ0n) is 14.9. The largest absolute Gasteiger partial charge is 0.497 e. The van der Waals surface area contributed by atoms with E-state index < -0.39 is 0 Å². The minimum Gasteiger partial charge on any atom is -0.497 e. The quantitative estimate of drug-likeness (QED) is 0.458. The Hall–Kier alpha value is -2.20. The molecule has 1 aliphatic heterocycles. The smallest absolute Gasteiger partial charge is 0.119 e. The number of aromatic nitrogens is 1. The van der Waals surface area contributed by atoms with E-state index >= 15 is 0 Å². The number of methoxy groups -OCH3 is 1. The molecule has 5 heteroatoms. The van der Waals surface area contributed by atoms with Gasteiger partial charge in [0.25, 0.3) is 0 Å². The van der Waals surface area contributed by atoms with E-state index in [1.807, 2.05) is 12.1 Å². The van der Waals surface area contributed by atoms with E-state index in [0.29, 0.717) is 0 Å². The Morgan fingerprint density at radius 1 is 1.00 bits per heavy atom. The molecule has 1 aromatic heterocycles. The van der Waals surface area contributed by atoms with E-state index in [1.165, 1.54) is 33.0 Å². The monoisotopic (exact) mass is 398 g/mol. The first-order valence-electron chi connectivity index (χ1n) is 8.84. The lowest BCUT2D eigenvalue weighted by molar-refractivity contribution is 0.415. The van der Waals surface area contributed by atoms with Crippen LogP contribution in [0.25, 0.3) is 21.7 Å². The van der Waals surface area contributed by atoms with E-state index in [-0.39, 0.29) is 18.4 Å². The van der Waals surface area contributed by atoms with Crippen molar-refractivity contribution in [2.75, 3.05) is 13.7 Å². The van der Waals surface area contributed by atoms with Crippen molar-refractivity contribution < 1.29 is 4.74 Å². The summed E-state index contributed by atoms with van der Waals surface area (Å²) in [7, 11) is 1.70. The molecule has 138 valence electrons. The number of hydrogen-bond donors (Lipinski definition) is 2. The van der Waals surface area contributed by atoms with Gasteiger partial charge in [0.2, 0.25) is 0 Å². The predicted molar refractivity (Wildman–Crippen MR) is 115 cm³/mol. The molecular formula is C22H20Cl2N2O. The number of benzene rings is 3. The van der Waals surface area contributed by atoms with Crippen molar-refractivity contribution in [3.8, 4) is 5.75 Å². The zero-order valence-corrected chi connectivity index (χ0v) is 16.5. The molecule has 0 saturated carbocycles. The lowest BCUT2D eigenvalue weighted by Gasteiger charge is -2.25. The summed E-state index contributed by atoms with van der Waals surface area (Å²) in [5, 5.41) is 8.10. The molecule has 0 spiro atoms. The number of hydrogen-bond acceptors (Lipinski definition) is 2. The number of ether oxygens (including phenoxy) is 1. The number of nitrogens with one attached hydrogen (secondary N) is 2. The summed E-state index contributed by atoms with van der Waals surface area (Å²) in [4.78, 5) is 3.62. The first kappa shape index (κ1) is 18.2. The molecule has 1 unspecified atom stereocenters. The Bertz CT molecular complexity index is 1140. The molecule has 3 nitrogen and oxygen atoms in total. The van der Waals surface area contributed by atoms with E-state index in [0.717, 1.165) is 29.3 Å². The van der Waals surface area contributed by atoms with Crippen LogP contribution < -0.4 is 10.1 Å². The lowest BCUT2D eigenvalue weighted by atomic mass is 9.93. The van der Waals surface area contributed by atoms with Crippen LogP contribution in [0, 0.1) is 0 Å². The van der Waals surface area contributed by atoms with Gasteiger partial charge in [-0.3, -0.25) is 0 Å². The number of aromatic amines is 1. The summed E-state index contributed by atoms with van der Waals surface area (Å²) in [6.07, 6.45) is 1.01. The summed E-state index contributed by atoms with van der Waals surface area (Å²) in [5.74, 6) is 0.885. The summed E-state index contributed by atoms with van der Waals surface area (Å²) in [6, 6.07) is 19.1. The predicted octanol–water partition coefficient (Wildman–Crippen LogP) is 5.64. The second-order valence-corrected chi connectivity index (χ2v) is 7.25.